The Kier molecular flexibility index (Phi) is 2.17. The van der Waals surface area contributed by atoms with Crippen LogP contribution in [-0.2, 0) is 6.42 Å². The second-order valence-corrected chi connectivity index (χ2v) is 3.92. The summed E-state index contributed by atoms with van der Waals surface area (Å²) in [5, 5.41) is 8.92. The van der Waals surface area contributed by atoms with E-state index in [-0.39, 0.29) is 6.04 Å². The number of fused-ring (bicyclic) bond motifs is 1. The highest BCUT2D eigenvalue weighted by molar-refractivity contribution is 5.36. The van der Waals surface area contributed by atoms with Crippen LogP contribution in [0, 0.1) is 18.4 Å². The van der Waals surface area contributed by atoms with E-state index in [1.165, 1.54) is 16.7 Å². The minimum Gasteiger partial charge on any atom is -0.303 e. The summed E-state index contributed by atoms with van der Waals surface area (Å²) in [6.07, 6.45) is 3.24. The Balaban J connectivity index is 2.42. The molecular weight excluding hydrogens is 172 g/mol. The minimum atomic E-state index is 0.240. The van der Waals surface area contributed by atoms with Gasteiger partial charge in [0.1, 0.15) is 0 Å². The predicted molar refractivity (Wildman–Crippen MR) is 55.6 cm³/mol. The van der Waals surface area contributed by atoms with E-state index < -0.39 is 0 Å². The summed E-state index contributed by atoms with van der Waals surface area (Å²) >= 11 is 0. The Morgan fingerprint density at radius 1 is 1.50 bits per heavy atom. The average Bonchev–Trinajstić information content (AvgIpc) is 2.18. The molecule has 0 radical (unpaired) electrons. The van der Waals surface area contributed by atoms with Gasteiger partial charge < -0.3 is 4.90 Å². The molecule has 0 saturated carbocycles. The van der Waals surface area contributed by atoms with Crippen molar-refractivity contribution < 1.29 is 0 Å². The second kappa shape index (κ2) is 3.34. The summed E-state index contributed by atoms with van der Waals surface area (Å²) < 4.78 is 0. The first-order valence-electron chi connectivity index (χ1n) is 4.98. The van der Waals surface area contributed by atoms with Crippen molar-refractivity contribution in [3.63, 3.8) is 0 Å². The van der Waals surface area contributed by atoms with E-state index in [0.29, 0.717) is 0 Å². The van der Waals surface area contributed by atoms with Gasteiger partial charge in [-0.1, -0.05) is 23.8 Å². The molecule has 0 N–H and O–H groups in total. The highest BCUT2D eigenvalue weighted by Gasteiger charge is 2.22. The van der Waals surface area contributed by atoms with Crippen molar-refractivity contribution in [2.75, 3.05) is 6.54 Å². The van der Waals surface area contributed by atoms with Crippen molar-refractivity contribution >= 4 is 0 Å². The van der Waals surface area contributed by atoms with Gasteiger partial charge in [0, 0.05) is 6.54 Å². The third-order valence-corrected chi connectivity index (χ3v) is 2.97. The SMILES string of the molecule is Cc1ccc2c(c1)CCN(C#N)C2C. The standard InChI is InChI=1S/C12H14N2/c1-9-3-4-12-10(2)14(8-13)6-5-11(12)7-9/h3-4,7,10H,5-6H2,1-2H3. The molecule has 1 aromatic carbocycles. The van der Waals surface area contributed by atoms with Gasteiger partial charge in [0.25, 0.3) is 0 Å². The maximum absolute atomic E-state index is 8.92. The van der Waals surface area contributed by atoms with Gasteiger partial charge in [0.2, 0.25) is 0 Å². The molecule has 1 aromatic rings. The lowest BCUT2D eigenvalue weighted by Gasteiger charge is -2.31. The molecule has 2 heteroatoms. The van der Waals surface area contributed by atoms with Crippen molar-refractivity contribution in [1.29, 1.82) is 5.26 Å². The maximum atomic E-state index is 8.92. The summed E-state index contributed by atoms with van der Waals surface area (Å²) in [4.78, 5) is 1.84. The van der Waals surface area contributed by atoms with Crippen molar-refractivity contribution in [2.45, 2.75) is 26.3 Å². The molecule has 0 amide bonds. The summed E-state index contributed by atoms with van der Waals surface area (Å²) in [5.74, 6) is 0. The maximum Gasteiger partial charge on any atom is 0.179 e. The van der Waals surface area contributed by atoms with Crippen LogP contribution in [0.4, 0.5) is 0 Å². The molecule has 14 heavy (non-hydrogen) atoms. The van der Waals surface area contributed by atoms with Crippen LogP contribution in [0.1, 0.15) is 29.7 Å². The minimum absolute atomic E-state index is 0.240. The molecule has 1 heterocycles. The smallest absolute Gasteiger partial charge is 0.179 e. The zero-order chi connectivity index (χ0) is 10.1. The zero-order valence-corrected chi connectivity index (χ0v) is 8.62. The highest BCUT2D eigenvalue weighted by Crippen LogP contribution is 2.28. The molecule has 1 aliphatic rings. The van der Waals surface area contributed by atoms with Gasteiger partial charge in [-0.25, -0.2) is 0 Å². The predicted octanol–water partition coefficient (Wildman–Crippen LogP) is 2.40. The third-order valence-electron chi connectivity index (χ3n) is 2.97. The van der Waals surface area contributed by atoms with E-state index >= 15 is 0 Å². The summed E-state index contributed by atoms with van der Waals surface area (Å²) in [6.45, 7) is 5.06. The van der Waals surface area contributed by atoms with Crippen LogP contribution in [0.3, 0.4) is 0 Å². The van der Waals surface area contributed by atoms with Gasteiger partial charge >= 0.3 is 0 Å². The van der Waals surface area contributed by atoms with E-state index in [0.717, 1.165) is 13.0 Å². The largest absolute Gasteiger partial charge is 0.303 e. The van der Waals surface area contributed by atoms with Gasteiger partial charge in [-0.2, -0.15) is 5.26 Å². The van der Waals surface area contributed by atoms with Gasteiger partial charge in [-0.05, 0) is 31.4 Å². The fourth-order valence-electron chi connectivity index (χ4n) is 2.10. The molecular formula is C12H14N2. The Morgan fingerprint density at radius 3 is 3.00 bits per heavy atom. The Bertz CT molecular complexity index is 390. The summed E-state index contributed by atoms with van der Waals surface area (Å²) in [7, 11) is 0. The molecule has 2 rings (SSSR count). The van der Waals surface area contributed by atoms with Gasteiger partial charge in [-0.15, -0.1) is 0 Å². The first-order valence-corrected chi connectivity index (χ1v) is 4.98. The third kappa shape index (κ3) is 1.35. The molecule has 1 aliphatic heterocycles. The number of hydrogen-bond acceptors (Lipinski definition) is 2. The summed E-state index contributed by atoms with van der Waals surface area (Å²) in [6, 6.07) is 6.75. The number of benzene rings is 1. The fraction of sp³-hybridized carbons (Fsp3) is 0.417. The first-order chi connectivity index (χ1) is 6.72. The molecule has 0 spiro atoms. The number of hydrogen-bond donors (Lipinski definition) is 0. The molecule has 1 atom stereocenters. The molecule has 0 aromatic heterocycles. The van der Waals surface area contributed by atoms with Crippen LogP contribution < -0.4 is 0 Å². The van der Waals surface area contributed by atoms with Gasteiger partial charge in [0.05, 0.1) is 6.04 Å². The quantitative estimate of drug-likeness (QED) is 0.582. The Morgan fingerprint density at radius 2 is 2.29 bits per heavy atom. The Labute approximate surface area is 84.8 Å². The monoisotopic (exact) mass is 186 g/mol. The second-order valence-electron chi connectivity index (χ2n) is 3.92. The molecule has 0 saturated heterocycles. The fourth-order valence-corrected chi connectivity index (χ4v) is 2.10. The molecule has 0 fully saturated rings. The Hall–Kier alpha value is -1.49. The lowest BCUT2D eigenvalue weighted by atomic mass is 9.92. The normalized spacial score (nSPS) is 20.1. The van der Waals surface area contributed by atoms with Crippen molar-refractivity contribution in [3.05, 3.63) is 34.9 Å². The van der Waals surface area contributed by atoms with E-state index in [9.17, 15) is 0 Å². The van der Waals surface area contributed by atoms with E-state index in [4.69, 9.17) is 5.26 Å². The average molecular weight is 186 g/mol. The topological polar surface area (TPSA) is 27.0 Å². The number of rotatable bonds is 0. The first kappa shape index (κ1) is 9.08. The van der Waals surface area contributed by atoms with Crippen molar-refractivity contribution in [3.8, 4) is 6.19 Å². The van der Waals surface area contributed by atoms with Crippen LogP contribution in [0.5, 0.6) is 0 Å². The molecule has 72 valence electrons. The number of nitriles is 1. The molecule has 0 bridgehead atoms. The molecule has 2 nitrogen and oxygen atoms in total. The number of aryl methyl sites for hydroxylation is 1. The van der Waals surface area contributed by atoms with E-state index in [2.05, 4.69) is 38.2 Å². The van der Waals surface area contributed by atoms with Crippen LogP contribution in [0.25, 0.3) is 0 Å². The molecule has 1 unspecified atom stereocenters. The van der Waals surface area contributed by atoms with E-state index in [1.54, 1.807) is 0 Å². The van der Waals surface area contributed by atoms with E-state index in [1.807, 2.05) is 4.90 Å². The van der Waals surface area contributed by atoms with Gasteiger partial charge in [0.15, 0.2) is 6.19 Å². The zero-order valence-electron chi connectivity index (χ0n) is 8.62. The lowest BCUT2D eigenvalue weighted by molar-refractivity contribution is 0.296. The van der Waals surface area contributed by atoms with Crippen LogP contribution in [0.15, 0.2) is 18.2 Å². The highest BCUT2D eigenvalue weighted by atomic mass is 15.1. The van der Waals surface area contributed by atoms with Crippen LogP contribution in [-0.4, -0.2) is 11.4 Å². The van der Waals surface area contributed by atoms with Crippen molar-refractivity contribution in [2.24, 2.45) is 0 Å². The van der Waals surface area contributed by atoms with Gasteiger partial charge in [-0.3, -0.25) is 0 Å². The lowest BCUT2D eigenvalue weighted by Crippen LogP contribution is -2.29. The molecule has 0 aliphatic carbocycles. The van der Waals surface area contributed by atoms with Crippen LogP contribution in [0.2, 0.25) is 0 Å². The summed E-state index contributed by atoms with van der Waals surface area (Å²) in [5.41, 5.74) is 4.02. The van der Waals surface area contributed by atoms with Crippen LogP contribution >= 0.6 is 0 Å². The van der Waals surface area contributed by atoms with Crippen molar-refractivity contribution in [1.82, 2.24) is 4.90 Å². The number of nitrogens with zero attached hydrogens (tertiary/aromatic N) is 2.